The SMILES string of the molecule is Cc1ccccc1S(=O)(=O)NCC[N]C(C)C. The molecule has 5 heteroatoms. The van der Waals surface area contributed by atoms with Crippen LogP contribution < -0.4 is 10.0 Å². The number of hydrogen-bond donors (Lipinski definition) is 1. The zero-order valence-electron chi connectivity index (χ0n) is 10.5. The standard InChI is InChI=1S/C12H19N2O2S/c1-10(2)13-8-9-14-17(15,16)12-7-5-4-6-11(12)3/h4-7,10,14H,8-9H2,1-3H3. The third kappa shape index (κ3) is 4.46. The Morgan fingerprint density at radius 3 is 2.53 bits per heavy atom. The quantitative estimate of drug-likeness (QED) is 0.779. The highest BCUT2D eigenvalue weighted by atomic mass is 32.2. The van der Waals surface area contributed by atoms with E-state index in [2.05, 4.69) is 10.0 Å². The summed E-state index contributed by atoms with van der Waals surface area (Å²) in [7, 11) is -3.40. The summed E-state index contributed by atoms with van der Waals surface area (Å²) in [6, 6.07) is 7.17. The van der Waals surface area contributed by atoms with E-state index in [4.69, 9.17) is 0 Å². The number of hydrogen-bond acceptors (Lipinski definition) is 2. The molecule has 0 fully saturated rings. The second-order valence-electron chi connectivity index (χ2n) is 4.16. The normalized spacial score (nSPS) is 12.0. The molecule has 17 heavy (non-hydrogen) atoms. The summed E-state index contributed by atoms with van der Waals surface area (Å²) in [5.41, 5.74) is 0.751. The van der Waals surface area contributed by atoms with Gasteiger partial charge in [0.25, 0.3) is 0 Å². The molecule has 0 aliphatic carbocycles. The maximum Gasteiger partial charge on any atom is 0.240 e. The van der Waals surface area contributed by atoms with E-state index in [1.54, 1.807) is 25.1 Å². The van der Waals surface area contributed by atoms with Gasteiger partial charge in [-0.15, -0.1) is 0 Å². The Kier molecular flexibility index (Phi) is 5.11. The average Bonchev–Trinajstić information content (AvgIpc) is 2.24. The van der Waals surface area contributed by atoms with E-state index in [0.717, 1.165) is 5.56 Å². The Labute approximate surface area is 103 Å². The highest BCUT2D eigenvalue weighted by molar-refractivity contribution is 7.89. The van der Waals surface area contributed by atoms with E-state index in [0.29, 0.717) is 18.0 Å². The minimum atomic E-state index is -3.40. The number of rotatable bonds is 6. The zero-order valence-corrected chi connectivity index (χ0v) is 11.3. The first-order valence-corrected chi connectivity index (χ1v) is 7.13. The van der Waals surface area contributed by atoms with Crippen molar-refractivity contribution in [1.29, 1.82) is 0 Å². The maximum atomic E-state index is 11.9. The predicted molar refractivity (Wildman–Crippen MR) is 68.5 cm³/mol. The fourth-order valence-corrected chi connectivity index (χ4v) is 2.70. The lowest BCUT2D eigenvalue weighted by Crippen LogP contribution is -2.31. The molecule has 4 nitrogen and oxygen atoms in total. The van der Waals surface area contributed by atoms with Crippen molar-refractivity contribution in [2.24, 2.45) is 0 Å². The highest BCUT2D eigenvalue weighted by Crippen LogP contribution is 2.13. The lowest BCUT2D eigenvalue weighted by Gasteiger charge is -2.10. The minimum absolute atomic E-state index is 0.234. The van der Waals surface area contributed by atoms with Gasteiger partial charge >= 0.3 is 0 Å². The van der Waals surface area contributed by atoms with Crippen LogP contribution in [0.25, 0.3) is 0 Å². The van der Waals surface area contributed by atoms with Crippen molar-refractivity contribution in [1.82, 2.24) is 10.0 Å². The molecule has 0 saturated heterocycles. The lowest BCUT2D eigenvalue weighted by molar-refractivity contribution is 0.553. The third-order valence-electron chi connectivity index (χ3n) is 2.28. The monoisotopic (exact) mass is 255 g/mol. The van der Waals surface area contributed by atoms with Crippen LogP contribution >= 0.6 is 0 Å². The second-order valence-corrected chi connectivity index (χ2v) is 5.90. The first-order chi connectivity index (χ1) is 7.93. The van der Waals surface area contributed by atoms with Gasteiger partial charge < -0.3 is 0 Å². The molecule has 1 aromatic carbocycles. The Morgan fingerprint density at radius 2 is 1.94 bits per heavy atom. The second kappa shape index (κ2) is 6.14. The van der Waals surface area contributed by atoms with Crippen LogP contribution in [0, 0.1) is 6.92 Å². The van der Waals surface area contributed by atoms with Gasteiger partial charge in [-0.3, -0.25) is 0 Å². The van der Waals surface area contributed by atoms with Gasteiger partial charge in [0.1, 0.15) is 0 Å². The third-order valence-corrected chi connectivity index (χ3v) is 3.90. The van der Waals surface area contributed by atoms with Crippen LogP contribution in [0.4, 0.5) is 0 Å². The molecule has 0 bridgehead atoms. The van der Waals surface area contributed by atoms with Crippen LogP contribution in [0.2, 0.25) is 0 Å². The van der Waals surface area contributed by atoms with Gasteiger partial charge in [0.05, 0.1) is 4.90 Å². The Morgan fingerprint density at radius 1 is 1.29 bits per heavy atom. The molecule has 0 aliphatic heterocycles. The van der Waals surface area contributed by atoms with Gasteiger partial charge in [-0.05, 0) is 32.4 Å². The predicted octanol–water partition coefficient (Wildman–Crippen LogP) is 1.29. The topological polar surface area (TPSA) is 60.3 Å². The van der Waals surface area contributed by atoms with Crippen molar-refractivity contribution in [3.63, 3.8) is 0 Å². The molecule has 0 atom stereocenters. The van der Waals surface area contributed by atoms with E-state index in [1.807, 2.05) is 19.9 Å². The summed E-state index contributed by atoms with van der Waals surface area (Å²) in [4.78, 5) is 0.338. The lowest BCUT2D eigenvalue weighted by atomic mass is 10.2. The Bertz CT molecular complexity index is 455. The fourth-order valence-electron chi connectivity index (χ4n) is 1.44. The van der Waals surface area contributed by atoms with Gasteiger partial charge in [0.15, 0.2) is 0 Å². The van der Waals surface area contributed by atoms with Crippen LogP contribution in [0.3, 0.4) is 0 Å². The van der Waals surface area contributed by atoms with Crippen LogP contribution in [0.1, 0.15) is 19.4 Å². The number of nitrogens with zero attached hydrogens (tertiary/aromatic N) is 1. The molecule has 0 spiro atoms. The van der Waals surface area contributed by atoms with Gasteiger partial charge in [-0.2, -0.15) is 0 Å². The van der Waals surface area contributed by atoms with Crippen LogP contribution in [0.15, 0.2) is 29.2 Å². The van der Waals surface area contributed by atoms with E-state index in [-0.39, 0.29) is 6.04 Å². The molecule has 0 aromatic heterocycles. The van der Waals surface area contributed by atoms with Gasteiger partial charge in [0.2, 0.25) is 10.0 Å². The summed E-state index contributed by atoms with van der Waals surface area (Å²) in [5.74, 6) is 0. The molecule has 0 amide bonds. The molecule has 0 saturated carbocycles. The zero-order chi connectivity index (χ0) is 12.9. The van der Waals surface area contributed by atoms with Crippen LogP contribution in [0.5, 0.6) is 0 Å². The summed E-state index contributed by atoms with van der Waals surface area (Å²) >= 11 is 0. The van der Waals surface area contributed by atoms with E-state index < -0.39 is 10.0 Å². The largest absolute Gasteiger partial charge is 0.240 e. The smallest absolute Gasteiger partial charge is 0.238 e. The van der Waals surface area contributed by atoms with Gasteiger partial charge in [-0.25, -0.2) is 18.5 Å². The molecular weight excluding hydrogens is 236 g/mol. The molecule has 1 radical (unpaired) electrons. The molecule has 0 heterocycles. The van der Waals surface area contributed by atoms with E-state index >= 15 is 0 Å². The average molecular weight is 255 g/mol. The van der Waals surface area contributed by atoms with Crippen molar-refractivity contribution < 1.29 is 8.42 Å². The molecule has 1 N–H and O–H groups in total. The van der Waals surface area contributed by atoms with Crippen LogP contribution in [-0.2, 0) is 10.0 Å². The molecular formula is C12H19N2O2S. The first kappa shape index (κ1) is 14.2. The number of nitrogens with one attached hydrogen (secondary N) is 1. The Hall–Kier alpha value is -0.910. The van der Waals surface area contributed by atoms with Crippen molar-refractivity contribution in [3.05, 3.63) is 29.8 Å². The number of aryl methyl sites for hydroxylation is 1. The summed E-state index contributed by atoms with van der Waals surface area (Å²) < 4.78 is 26.4. The van der Waals surface area contributed by atoms with Crippen molar-refractivity contribution >= 4 is 10.0 Å². The maximum absolute atomic E-state index is 11.9. The highest BCUT2D eigenvalue weighted by Gasteiger charge is 2.15. The molecule has 1 aromatic rings. The fraction of sp³-hybridized carbons (Fsp3) is 0.500. The Balaban J connectivity index is 2.61. The van der Waals surface area contributed by atoms with Gasteiger partial charge in [-0.1, -0.05) is 18.2 Å². The molecule has 0 unspecified atom stereocenters. The molecule has 95 valence electrons. The van der Waals surface area contributed by atoms with E-state index in [9.17, 15) is 8.42 Å². The summed E-state index contributed by atoms with van der Waals surface area (Å²) in [6.07, 6.45) is 0. The summed E-state index contributed by atoms with van der Waals surface area (Å²) in [5, 5.41) is 4.22. The molecule has 1 rings (SSSR count). The molecule has 0 aliphatic rings. The summed E-state index contributed by atoms with van der Waals surface area (Å²) in [6.45, 7) is 6.57. The number of benzene rings is 1. The van der Waals surface area contributed by atoms with Crippen molar-refractivity contribution in [3.8, 4) is 0 Å². The minimum Gasteiger partial charge on any atom is -0.238 e. The van der Waals surface area contributed by atoms with Gasteiger partial charge in [0, 0.05) is 19.1 Å². The van der Waals surface area contributed by atoms with Crippen LogP contribution in [-0.4, -0.2) is 27.5 Å². The van der Waals surface area contributed by atoms with E-state index in [1.165, 1.54) is 0 Å². The number of sulfonamides is 1. The first-order valence-electron chi connectivity index (χ1n) is 5.65. The van der Waals surface area contributed by atoms with Crippen molar-refractivity contribution in [2.45, 2.75) is 31.7 Å². The van der Waals surface area contributed by atoms with Crippen molar-refractivity contribution in [2.75, 3.05) is 13.1 Å².